The number of unbranched alkanes of at least 4 members (excludes halogenated alkanes) is 1. The first-order chi connectivity index (χ1) is 11.4. The van der Waals surface area contributed by atoms with Crippen LogP contribution in [0.2, 0.25) is 0 Å². The number of hydrogen-bond donors (Lipinski definition) is 1. The second-order valence-electron chi connectivity index (χ2n) is 5.60. The van der Waals surface area contributed by atoms with Gasteiger partial charge in [-0.1, -0.05) is 19.9 Å². The molecule has 136 valence electrons. The molecule has 2 atom stereocenters. The number of carbonyl (C=O) groups is 2. The fourth-order valence-corrected chi connectivity index (χ4v) is 1.44. The van der Waals surface area contributed by atoms with Gasteiger partial charge in [0.15, 0.2) is 0 Å². The molecule has 1 N–H and O–H groups in total. The smallest absolute Gasteiger partial charge is 0.337 e. The van der Waals surface area contributed by atoms with Crippen molar-refractivity contribution in [3.05, 3.63) is 23.8 Å². The topological polar surface area (TPSA) is 97.9 Å². The third kappa shape index (κ3) is 10.1. The number of carbonyl (C=O) groups excluding carboxylic acids is 1. The molecule has 0 spiro atoms. The summed E-state index contributed by atoms with van der Waals surface area (Å²) in [5.74, 6) is -1.64. The largest absolute Gasteiger partial charge is 0.478 e. The molecule has 2 unspecified atom stereocenters. The molecule has 2 aliphatic heterocycles. The lowest BCUT2D eigenvalue weighted by Gasteiger charge is -2.03. The summed E-state index contributed by atoms with van der Waals surface area (Å²) in [6.07, 6.45) is 3.72. The number of carboxylic acid groups (broad SMARTS) is 1. The maximum absolute atomic E-state index is 11.2. The van der Waals surface area contributed by atoms with Crippen LogP contribution >= 0.6 is 0 Å². The van der Waals surface area contributed by atoms with Crippen molar-refractivity contribution in [1.82, 2.24) is 0 Å². The highest BCUT2D eigenvalue weighted by atomic mass is 16.6. The minimum atomic E-state index is -1.07. The average molecular weight is 342 g/mol. The number of carboxylic acids is 1. The number of epoxide rings is 2. The number of ether oxygens (including phenoxy) is 4. The molecule has 0 aliphatic carbocycles. The lowest BCUT2D eigenvalue weighted by molar-refractivity contribution is -0.138. The van der Waals surface area contributed by atoms with E-state index in [4.69, 9.17) is 24.1 Å². The number of hydrogen-bond acceptors (Lipinski definition) is 6. The van der Waals surface area contributed by atoms with E-state index in [1.807, 2.05) is 6.92 Å². The number of esters is 1. The molecule has 0 bridgehead atoms. The highest BCUT2D eigenvalue weighted by molar-refractivity contribution is 5.94. The van der Waals surface area contributed by atoms with Crippen molar-refractivity contribution in [3.63, 3.8) is 0 Å². The van der Waals surface area contributed by atoms with E-state index < -0.39 is 11.9 Å². The monoisotopic (exact) mass is 342 g/mol. The van der Waals surface area contributed by atoms with Gasteiger partial charge in [0.1, 0.15) is 12.2 Å². The Balaban J connectivity index is 0.000000267. The Hall–Kier alpha value is -1.70. The zero-order valence-electron chi connectivity index (χ0n) is 14.3. The Bertz CT molecular complexity index is 450. The van der Waals surface area contributed by atoms with Gasteiger partial charge in [-0.3, -0.25) is 0 Å². The van der Waals surface area contributed by atoms with Crippen LogP contribution in [-0.2, 0) is 28.5 Å². The molecule has 0 saturated carbocycles. The predicted molar refractivity (Wildman–Crippen MR) is 86.7 cm³/mol. The van der Waals surface area contributed by atoms with Crippen LogP contribution in [0.15, 0.2) is 23.8 Å². The van der Waals surface area contributed by atoms with E-state index in [9.17, 15) is 9.59 Å². The van der Waals surface area contributed by atoms with Crippen LogP contribution in [0.1, 0.15) is 26.7 Å². The standard InChI is InChI=1S/C11H16O4.C6H10O3/c1-4-5-6-15-11(14)9(3)7-8(2)10(12)13;1(5-3-8-5)7-2-6-4-9-6/h7H,3-6H2,1-2H3,(H,12,13);5-6H,1-4H2. The van der Waals surface area contributed by atoms with Gasteiger partial charge in [0, 0.05) is 5.57 Å². The van der Waals surface area contributed by atoms with Crippen molar-refractivity contribution in [2.24, 2.45) is 0 Å². The zero-order chi connectivity index (χ0) is 17.9. The van der Waals surface area contributed by atoms with Crippen LogP contribution < -0.4 is 0 Å². The molecular formula is C17H26O7. The van der Waals surface area contributed by atoms with Gasteiger partial charge >= 0.3 is 11.9 Å². The summed E-state index contributed by atoms with van der Waals surface area (Å²) in [5.41, 5.74) is 0.124. The van der Waals surface area contributed by atoms with Crippen LogP contribution in [0, 0.1) is 0 Å². The highest BCUT2D eigenvalue weighted by Crippen LogP contribution is 2.12. The Labute approximate surface area is 142 Å². The fourth-order valence-electron chi connectivity index (χ4n) is 1.44. The van der Waals surface area contributed by atoms with Crippen LogP contribution in [0.4, 0.5) is 0 Å². The Morgan fingerprint density at radius 3 is 2.21 bits per heavy atom. The van der Waals surface area contributed by atoms with Gasteiger partial charge in [0.05, 0.1) is 38.6 Å². The first kappa shape index (κ1) is 20.3. The number of aliphatic carboxylic acids is 1. The molecule has 0 amide bonds. The third-order valence-electron chi connectivity index (χ3n) is 3.13. The molecular weight excluding hydrogens is 316 g/mol. The highest BCUT2D eigenvalue weighted by Gasteiger charge is 2.26. The molecule has 24 heavy (non-hydrogen) atoms. The molecule has 2 heterocycles. The molecule has 0 aromatic heterocycles. The maximum Gasteiger partial charge on any atom is 0.337 e. The van der Waals surface area contributed by atoms with E-state index in [-0.39, 0.29) is 11.1 Å². The van der Waals surface area contributed by atoms with E-state index in [1.54, 1.807) is 0 Å². The van der Waals surface area contributed by atoms with E-state index >= 15 is 0 Å². The minimum absolute atomic E-state index is 0.0611. The van der Waals surface area contributed by atoms with Crippen molar-refractivity contribution in [3.8, 4) is 0 Å². The van der Waals surface area contributed by atoms with Gasteiger partial charge in [-0.05, 0) is 19.4 Å². The van der Waals surface area contributed by atoms with Crippen molar-refractivity contribution >= 4 is 11.9 Å². The van der Waals surface area contributed by atoms with Gasteiger partial charge in [-0.15, -0.1) is 0 Å². The first-order valence-corrected chi connectivity index (χ1v) is 8.02. The Morgan fingerprint density at radius 1 is 1.25 bits per heavy atom. The van der Waals surface area contributed by atoms with Gasteiger partial charge in [0.25, 0.3) is 0 Å². The van der Waals surface area contributed by atoms with Crippen molar-refractivity contribution < 1.29 is 33.6 Å². The molecule has 7 nitrogen and oxygen atoms in total. The van der Waals surface area contributed by atoms with Gasteiger partial charge in [0.2, 0.25) is 0 Å². The first-order valence-electron chi connectivity index (χ1n) is 8.02. The summed E-state index contributed by atoms with van der Waals surface area (Å²) in [6.45, 7) is 10.4. The molecule has 2 aliphatic rings. The SMILES string of the molecule is C(OCC1CO1)C1CO1.C=C(C=C(C)C(=O)O)C(=O)OCCCC. The molecule has 0 aromatic rings. The van der Waals surface area contributed by atoms with Crippen LogP contribution in [0.25, 0.3) is 0 Å². The van der Waals surface area contributed by atoms with E-state index in [0.29, 0.717) is 18.8 Å². The summed E-state index contributed by atoms with van der Waals surface area (Å²) in [7, 11) is 0. The van der Waals surface area contributed by atoms with Crippen molar-refractivity contribution in [1.29, 1.82) is 0 Å². The lowest BCUT2D eigenvalue weighted by atomic mass is 10.2. The fraction of sp³-hybridized carbons (Fsp3) is 0.647. The normalized spacial score (nSPS) is 21.3. The Kier molecular flexibility index (Phi) is 9.29. The molecule has 2 fully saturated rings. The summed E-state index contributed by atoms with van der Waals surface area (Å²) < 4.78 is 20.0. The number of rotatable bonds is 10. The van der Waals surface area contributed by atoms with Crippen LogP contribution in [0.3, 0.4) is 0 Å². The van der Waals surface area contributed by atoms with Crippen LogP contribution in [0.5, 0.6) is 0 Å². The van der Waals surface area contributed by atoms with Gasteiger partial charge < -0.3 is 24.1 Å². The van der Waals surface area contributed by atoms with Crippen LogP contribution in [-0.4, -0.2) is 62.3 Å². The molecule has 0 aromatic carbocycles. The molecule has 2 saturated heterocycles. The van der Waals surface area contributed by atoms with Gasteiger partial charge in [-0.2, -0.15) is 0 Å². The maximum atomic E-state index is 11.2. The summed E-state index contributed by atoms with van der Waals surface area (Å²) in [4.78, 5) is 21.7. The third-order valence-corrected chi connectivity index (χ3v) is 3.13. The molecule has 7 heteroatoms. The second kappa shape index (κ2) is 11.0. The van der Waals surface area contributed by atoms with Gasteiger partial charge in [-0.25, -0.2) is 9.59 Å². The Morgan fingerprint density at radius 2 is 1.79 bits per heavy atom. The minimum Gasteiger partial charge on any atom is -0.478 e. The average Bonchev–Trinajstić information content (AvgIpc) is 3.43. The van der Waals surface area contributed by atoms with E-state index in [2.05, 4.69) is 6.58 Å². The van der Waals surface area contributed by atoms with Crippen molar-refractivity contribution in [2.75, 3.05) is 33.0 Å². The second-order valence-corrected chi connectivity index (χ2v) is 5.60. The predicted octanol–water partition coefficient (Wildman–Crippen LogP) is 1.72. The summed E-state index contributed by atoms with van der Waals surface area (Å²) in [6, 6.07) is 0. The summed E-state index contributed by atoms with van der Waals surface area (Å²) in [5, 5.41) is 8.57. The van der Waals surface area contributed by atoms with Crippen molar-refractivity contribution in [2.45, 2.75) is 38.9 Å². The molecule has 0 radical (unpaired) electrons. The molecule has 2 rings (SSSR count). The summed E-state index contributed by atoms with van der Waals surface area (Å²) >= 11 is 0. The van der Waals surface area contributed by atoms with E-state index in [1.165, 1.54) is 13.0 Å². The van der Waals surface area contributed by atoms with E-state index in [0.717, 1.165) is 39.3 Å². The zero-order valence-corrected chi connectivity index (χ0v) is 14.3. The lowest BCUT2D eigenvalue weighted by Crippen LogP contribution is -2.08. The quantitative estimate of drug-likeness (QED) is 0.212.